The summed E-state index contributed by atoms with van der Waals surface area (Å²) in [6, 6.07) is 5.21. The Morgan fingerprint density at radius 2 is 1.87 bits per heavy atom. The minimum Gasteiger partial charge on any atom is -0.325 e. The number of aromatic nitrogens is 1. The molecule has 0 spiro atoms. The van der Waals surface area contributed by atoms with Gasteiger partial charge in [0.05, 0.1) is 26.3 Å². The number of hydrogen-bond donors (Lipinski definition) is 1. The topological polar surface area (TPSA) is 38.9 Å². The Kier molecular flexibility index (Phi) is 3.03. The number of halogens is 3. The van der Waals surface area contributed by atoms with Crippen molar-refractivity contribution in [3.8, 4) is 0 Å². The van der Waals surface area contributed by atoms with Crippen molar-refractivity contribution in [3.05, 3.63) is 39.0 Å². The molecular weight excluding hydrogens is 254 g/mol. The van der Waals surface area contributed by atoms with Gasteiger partial charge in [0, 0.05) is 11.9 Å². The van der Waals surface area contributed by atoms with E-state index in [1.165, 1.54) is 0 Å². The highest BCUT2D eigenvalue weighted by Gasteiger charge is 2.09. The number of benzene rings is 1. The van der Waals surface area contributed by atoms with Crippen LogP contribution in [-0.4, -0.2) is 4.98 Å². The molecule has 2 N–H and O–H groups in total. The van der Waals surface area contributed by atoms with Gasteiger partial charge < -0.3 is 5.73 Å². The molecule has 0 radical (unpaired) electrons. The summed E-state index contributed by atoms with van der Waals surface area (Å²) < 4.78 is 0. The molecule has 2 aromatic rings. The van der Waals surface area contributed by atoms with E-state index >= 15 is 0 Å². The quantitative estimate of drug-likeness (QED) is 0.796. The van der Waals surface area contributed by atoms with E-state index in [1.54, 1.807) is 12.1 Å². The molecule has 78 valence electrons. The predicted octanol–water partition coefficient (Wildman–Crippen LogP) is 3.65. The Morgan fingerprint density at radius 1 is 1.13 bits per heavy atom. The molecule has 2 nitrogen and oxygen atoms in total. The van der Waals surface area contributed by atoms with Gasteiger partial charge in [-0.15, -0.1) is 0 Å². The van der Waals surface area contributed by atoms with Gasteiger partial charge in [-0.05, 0) is 18.2 Å². The lowest BCUT2D eigenvalue weighted by atomic mass is 10.2. The number of nitrogens with zero attached hydrogens (tertiary/aromatic N) is 1. The van der Waals surface area contributed by atoms with E-state index in [1.807, 2.05) is 6.07 Å². The van der Waals surface area contributed by atoms with Crippen LogP contribution in [0.1, 0.15) is 5.69 Å². The molecule has 1 aromatic heterocycles. The van der Waals surface area contributed by atoms with Gasteiger partial charge in [-0.3, -0.25) is 0 Å². The Bertz CT molecular complexity index is 526. The van der Waals surface area contributed by atoms with Crippen molar-refractivity contribution in [1.82, 2.24) is 4.98 Å². The molecule has 0 amide bonds. The molecule has 0 saturated heterocycles. The zero-order valence-corrected chi connectivity index (χ0v) is 9.87. The molecule has 5 heteroatoms. The van der Waals surface area contributed by atoms with Crippen molar-refractivity contribution in [2.24, 2.45) is 5.73 Å². The van der Waals surface area contributed by atoms with Crippen LogP contribution in [0.4, 0.5) is 0 Å². The van der Waals surface area contributed by atoms with Gasteiger partial charge in [0.25, 0.3) is 0 Å². The molecule has 0 aliphatic rings. The summed E-state index contributed by atoms with van der Waals surface area (Å²) in [5, 5.41) is 2.12. The second-order valence-corrected chi connectivity index (χ2v) is 4.25. The molecule has 1 heterocycles. The van der Waals surface area contributed by atoms with E-state index in [2.05, 4.69) is 4.98 Å². The van der Waals surface area contributed by atoms with Crippen LogP contribution >= 0.6 is 34.8 Å². The lowest BCUT2D eigenvalue weighted by Crippen LogP contribution is -1.99. The summed E-state index contributed by atoms with van der Waals surface area (Å²) >= 11 is 17.9. The van der Waals surface area contributed by atoms with E-state index in [4.69, 9.17) is 40.5 Å². The average molecular weight is 262 g/mol. The van der Waals surface area contributed by atoms with Gasteiger partial charge in [-0.2, -0.15) is 0 Å². The van der Waals surface area contributed by atoms with E-state index in [9.17, 15) is 0 Å². The van der Waals surface area contributed by atoms with Crippen molar-refractivity contribution < 1.29 is 0 Å². The van der Waals surface area contributed by atoms with Gasteiger partial charge in [0.2, 0.25) is 0 Å². The molecule has 2 rings (SSSR count). The van der Waals surface area contributed by atoms with Gasteiger partial charge in [-0.1, -0.05) is 34.8 Å². The normalized spacial score (nSPS) is 10.9. The van der Waals surface area contributed by atoms with Crippen LogP contribution in [-0.2, 0) is 6.54 Å². The first kappa shape index (κ1) is 11.0. The SMILES string of the molecule is NCc1ccc2c(Cl)c(Cl)cc(Cl)c2n1. The Balaban J connectivity index is 2.84. The summed E-state index contributed by atoms with van der Waals surface area (Å²) in [6.45, 7) is 0.368. The minimum atomic E-state index is 0.368. The Morgan fingerprint density at radius 3 is 2.53 bits per heavy atom. The number of rotatable bonds is 1. The maximum absolute atomic E-state index is 6.03. The highest BCUT2D eigenvalue weighted by molar-refractivity contribution is 6.47. The predicted molar refractivity (Wildman–Crippen MR) is 64.7 cm³/mol. The zero-order valence-electron chi connectivity index (χ0n) is 7.60. The van der Waals surface area contributed by atoms with Gasteiger partial charge in [0.1, 0.15) is 0 Å². The zero-order chi connectivity index (χ0) is 11.0. The third-order valence-corrected chi connectivity index (χ3v) is 3.18. The second-order valence-electron chi connectivity index (χ2n) is 3.06. The standard InChI is InChI=1S/C10H7Cl3N2/c11-7-3-8(12)10-6(9(7)13)2-1-5(4-14)15-10/h1-3H,4,14H2. The smallest absolute Gasteiger partial charge is 0.0908 e. The second kappa shape index (κ2) is 4.14. The van der Waals surface area contributed by atoms with E-state index < -0.39 is 0 Å². The fourth-order valence-corrected chi connectivity index (χ4v) is 2.07. The number of nitrogens with two attached hydrogens (primary N) is 1. The van der Waals surface area contributed by atoms with Gasteiger partial charge in [-0.25, -0.2) is 4.98 Å². The van der Waals surface area contributed by atoms with E-state index in [-0.39, 0.29) is 0 Å². The molecule has 0 aliphatic carbocycles. The molecular formula is C10H7Cl3N2. The van der Waals surface area contributed by atoms with Crippen LogP contribution in [0, 0.1) is 0 Å². The van der Waals surface area contributed by atoms with Crippen molar-refractivity contribution in [1.29, 1.82) is 0 Å². The lowest BCUT2D eigenvalue weighted by Gasteiger charge is -2.05. The molecule has 0 fully saturated rings. The van der Waals surface area contributed by atoms with Crippen LogP contribution in [0.5, 0.6) is 0 Å². The molecule has 0 bridgehead atoms. The van der Waals surface area contributed by atoms with Crippen molar-refractivity contribution in [2.45, 2.75) is 6.54 Å². The fraction of sp³-hybridized carbons (Fsp3) is 0.100. The number of fused-ring (bicyclic) bond motifs is 1. The van der Waals surface area contributed by atoms with Crippen LogP contribution in [0.2, 0.25) is 15.1 Å². The first-order valence-corrected chi connectivity index (χ1v) is 5.40. The highest BCUT2D eigenvalue weighted by Crippen LogP contribution is 2.34. The maximum atomic E-state index is 6.03. The summed E-state index contributed by atoms with van der Waals surface area (Å²) in [7, 11) is 0. The Hall–Kier alpha value is -0.540. The first-order chi connectivity index (χ1) is 7.13. The van der Waals surface area contributed by atoms with E-state index in [0.29, 0.717) is 27.1 Å². The van der Waals surface area contributed by atoms with Crippen molar-refractivity contribution in [2.75, 3.05) is 0 Å². The molecule has 0 atom stereocenters. The average Bonchev–Trinajstić information content (AvgIpc) is 2.25. The van der Waals surface area contributed by atoms with Crippen LogP contribution in [0.15, 0.2) is 18.2 Å². The lowest BCUT2D eigenvalue weighted by molar-refractivity contribution is 1.01. The maximum Gasteiger partial charge on any atom is 0.0908 e. The number of pyridine rings is 1. The Labute approximate surface area is 102 Å². The monoisotopic (exact) mass is 260 g/mol. The molecule has 1 aromatic carbocycles. The summed E-state index contributed by atoms with van der Waals surface area (Å²) in [5.41, 5.74) is 6.89. The highest BCUT2D eigenvalue weighted by atomic mass is 35.5. The van der Waals surface area contributed by atoms with E-state index in [0.717, 1.165) is 11.1 Å². The summed E-state index contributed by atoms with van der Waals surface area (Å²) in [5.74, 6) is 0. The third-order valence-electron chi connectivity index (χ3n) is 2.09. The number of hydrogen-bond acceptors (Lipinski definition) is 2. The third kappa shape index (κ3) is 1.91. The van der Waals surface area contributed by atoms with Gasteiger partial charge in [0.15, 0.2) is 0 Å². The largest absolute Gasteiger partial charge is 0.325 e. The van der Waals surface area contributed by atoms with Gasteiger partial charge >= 0.3 is 0 Å². The fourth-order valence-electron chi connectivity index (χ4n) is 1.34. The van der Waals surface area contributed by atoms with Crippen LogP contribution in [0.25, 0.3) is 10.9 Å². The summed E-state index contributed by atoms with van der Waals surface area (Å²) in [6.07, 6.45) is 0. The molecule has 0 unspecified atom stereocenters. The van der Waals surface area contributed by atoms with Crippen LogP contribution < -0.4 is 5.73 Å². The first-order valence-electron chi connectivity index (χ1n) is 4.26. The van der Waals surface area contributed by atoms with Crippen molar-refractivity contribution in [3.63, 3.8) is 0 Å². The molecule has 0 saturated carbocycles. The molecule has 0 aliphatic heterocycles. The summed E-state index contributed by atoms with van der Waals surface area (Å²) in [4.78, 5) is 4.30. The van der Waals surface area contributed by atoms with Crippen LogP contribution in [0.3, 0.4) is 0 Å². The molecule has 15 heavy (non-hydrogen) atoms. The van der Waals surface area contributed by atoms with Crippen molar-refractivity contribution >= 4 is 45.7 Å². The minimum absolute atomic E-state index is 0.368.